The highest BCUT2D eigenvalue weighted by molar-refractivity contribution is 6.31. The summed E-state index contributed by atoms with van der Waals surface area (Å²) in [5.74, 6) is 0.0258. The molecule has 0 heterocycles. The minimum Gasteiger partial charge on any atom is -0.483 e. The van der Waals surface area contributed by atoms with Crippen LogP contribution in [0.15, 0.2) is 18.2 Å². The van der Waals surface area contributed by atoms with Crippen LogP contribution in [-0.2, 0) is 4.79 Å². The first-order chi connectivity index (χ1) is 9.43. The lowest BCUT2D eigenvalue weighted by molar-refractivity contribution is -0.123. The first-order valence-electron chi connectivity index (χ1n) is 6.66. The maximum absolute atomic E-state index is 11.7. The molecule has 0 fully saturated rings. The van der Waals surface area contributed by atoms with Crippen molar-refractivity contribution >= 4 is 23.3 Å². The van der Waals surface area contributed by atoms with Crippen LogP contribution in [0.25, 0.3) is 0 Å². The van der Waals surface area contributed by atoms with Crippen molar-refractivity contribution in [3.05, 3.63) is 28.8 Å². The summed E-state index contributed by atoms with van der Waals surface area (Å²) < 4.78 is 5.40. The molecule has 0 radical (unpaired) electrons. The second-order valence-corrected chi connectivity index (χ2v) is 5.18. The molecule has 0 aliphatic carbocycles. The molecule has 20 heavy (non-hydrogen) atoms. The predicted octanol–water partition coefficient (Wildman–Crippen LogP) is 3.23. The average Bonchev–Trinajstić information content (AvgIpc) is 2.37. The lowest BCUT2D eigenvalue weighted by Gasteiger charge is -2.14. The van der Waals surface area contributed by atoms with Gasteiger partial charge in [-0.1, -0.05) is 24.9 Å². The molecule has 0 spiro atoms. The van der Waals surface area contributed by atoms with Gasteiger partial charge in [0, 0.05) is 11.1 Å². The molecule has 4 nitrogen and oxygen atoms in total. The second-order valence-electron chi connectivity index (χ2n) is 4.74. The molecule has 1 amide bonds. The highest BCUT2D eigenvalue weighted by atomic mass is 35.5. The number of rotatable bonds is 7. The predicted molar refractivity (Wildman–Crippen MR) is 79.5 cm³/mol. The van der Waals surface area contributed by atoms with Crippen molar-refractivity contribution in [3.8, 4) is 5.75 Å². The van der Waals surface area contributed by atoms with Gasteiger partial charge in [0.2, 0.25) is 0 Å². The highest BCUT2D eigenvalue weighted by Gasteiger charge is 2.12. The van der Waals surface area contributed by atoms with Crippen LogP contribution < -0.4 is 10.1 Å². The first kappa shape index (κ1) is 16.5. The maximum Gasteiger partial charge on any atom is 0.258 e. The summed E-state index contributed by atoms with van der Waals surface area (Å²) in [7, 11) is 0. The Hall–Kier alpha value is -1.55. The van der Waals surface area contributed by atoms with Crippen molar-refractivity contribution in [3.63, 3.8) is 0 Å². The van der Waals surface area contributed by atoms with Crippen molar-refractivity contribution in [2.24, 2.45) is 0 Å². The molecular weight excluding hydrogens is 278 g/mol. The number of nitrogens with one attached hydrogen (secondary N) is 1. The third-order valence-corrected chi connectivity index (χ3v) is 3.04. The van der Waals surface area contributed by atoms with E-state index < -0.39 is 0 Å². The van der Waals surface area contributed by atoms with E-state index in [9.17, 15) is 9.59 Å². The fourth-order valence-electron chi connectivity index (χ4n) is 1.87. The normalized spacial score (nSPS) is 11.8. The Morgan fingerprint density at radius 3 is 2.70 bits per heavy atom. The number of hydrogen-bond donors (Lipinski definition) is 1. The molecule has 0 aliphatic rings. The van der Waals surface area contributed by atoms with Gasteiger partial charge in [0.25, 0.3) is 5.91 Å². The smallest absolute Gasteiger partial charge is 0.258 e. The fourth-order valence-corrected chi connectivity index (χ4v) is 2.04. The molecule has 0 saturated carbocycles. The molecule has 5 heteroatoms. The summed E-state index contributed by atoms with van der Waals surface area (Å²) in [6.07, 6.45) is 1.93. The van der Waals surface area contributed by atoms with Crippen LogP contribution in [-0.4, -0.2) is 24.3 Å². The molecule has 0 aromatic heterocycles. The topological polar surface area (TPSA) is 55.4 Å². The average molecular weight is 298 g/mol. The third-order valence-electron chi connectivity index (χ3n) is 2.81. The first-order valence-corrected chi connectivity index (χ1v) is 7.04. The van der Waals surface area contributed by atoms with Gasteiger partial charge in [-0.2, -0.15) is 0 Å². The number of amides is 1. The van der Waals surface area contributed by atoms with Gasteiger partial charge in [-0.3, -0.25) is 9.59 Å². The second kappa shape index (κ2) is 7.90. The van der Waals surface area contributed by atoms with Crippen molar-refractivity contribution in [1.29, 1.82) is 0 Å². The number of ketones is 1. The zero-order valence-electron chi connectivity index (χ0n) is 12.0. The molecule has 1 aromatic rings. The maximum atomic E-state index is 11.7. The largest absolute Gasteiger partial charge is 0.483 e. The molecule has 0 bridgehead atoms. The summed E-state index contributed by atoms with van der Waals surface area (Å²) in [4.78, 5) is 23.2. The Labute approximate surface area is 124 Å². The van der Waals surface area contributed by atoms with Crippen LogP contribution in [0.1, 0.15) is 44.0 Å². The van der Waals surface area contributed by atoms with Crippen LogP contribution in [0.5, 0.6) is 5.75 Å². The Morgan fingerprint density at radius 2 is 2.10 bits per heavy atom. The molecule has 0 saturated heterocycles. The van der Waals surface area contributed by atoms with E-state index in [-0.39, 0.29) is 24.3 Å². The van der Waals surface area contributed by atoms with Gasteiger partial charge in [-0.15, -0.1) is 0 Å². The van der Waals surface area contributed by atoms with E-state index in [2.05, 4.69) is 12.2 Å². The van der Waals surface area contributed by atoms with Gasteiger partial charge in [-0.05, 0) is 38.5 Å². The summed E-state index contributed by atoms with van der Waals surface area (Å²) in [6.45, 7) is 5.33. The molecule has 1 rings (SSSR count). The van der Waals surface area contributed by atoms with E-state index in [1.807, 2.05) is 6.92 Å². The van der Waals surface area contributed by atoms with Gasteiger partial charge in [0.15, 0.2) is 12.4 Å². The molecule has 1 N–H and O–H groups in total. The van der Waals surface area contributed by atoms with Crippen LogP contribution in [0, 0.1) is 0 Å². The summed E-state index contributed by atoms with van der Waals surface area (Å²) in [5.41, 5.74) is 0.381. The van der Waals surface area contributed by atoms with Crippen molar-refractivity contribution < 1.29 is 14.3 Å². The van der Waals surface area contributed by atoms with Crippen LogP contribution in [0.3, 0.4) is 0 Å². The standard InChI is InChI=1S/C15H20ClNO3/c1-4-5-10(2)17-15(19)9-20-14-7-6-12(16)8-13(14)11(3)18/h6-8,10H,4-5,9H2,1-3H3,(H,17,19). The van der Waals surface area contributed by atoms with Crippen LogP contribution in [0.4, 0.5) is 0 Å². The fraction of sp³-hybridized carbons (Fsp3) is 0.467. The Balaban J connectivity index is 2.61. The number of carbonyl (C=O) groups excluding carboxylic acids is 2. The molecule has 1 unspecified atom stereocenters. The molecular formula is C15H20ClNO3. The van der Waals surface area contributed by atoms with E-state index in [0.717, 1.165) is 12.8 Å². The van der Waals surface area contributed by atoms with Crippen molar-refractivity contribution in [1.82, 2.24) is 5.32 Å². The van der Waals surface area contributed by atoms with Gasteiger partial charge >= 0.3 is 0 Å². The number of carbonyl (C=O) groups is 2. The molecule has 0 aliphatic heterocycles. The lowest BCUT2D eigenvalue weighted by atomic mass is 10.1. The van der Waals surface area contributed by atoms with Gasteiger partial charge < -0.3 is 10.1 Å². The summed E-state index contributed by atoms with van der Waals surface area (Å²) in [5, 5.41) is 3.30. The third kappa shape index (κ3) is 5.21. The number of hydrogen-bond acceptors (Lipinski definition) is 3. The quantitative estimate of drug-likeness (QED) is 0.786. The van der Waals surface area contributed by atoms with E-state index in [4.69, 9.17) is 16.3 Å². The summed E-state index contributed by atoms with van der Waals surface area (Å²) >= 11 is 5.84. The summed E-state index contributed by atoms with van der Waals surface area (Å²) in [6, 6.07) is 4.88. The number of benzene rings is 1. The van der Waals surface area contributed by atoms with E-state index in [0.29, 0.717) is 16.3 Å². The Bertz CT molecular complexity index is 488. The van der Waals surface area contributed by atoms with Gasteiger partial charge in [0.05, 0.1) is 5.56 Å². The van der Waals surface area contributed by atoms with Crippen molar-refractivity contribution in [2.75, 3.05) is 6.61 Å². The minimum absolute atomic E-state index is 0.115. The SMILES string of the molecule is CCCC(C)NC(=O)COc1ccc(Cl)cc1C(C)=O. The Morgan fingerprint density at radius 1 is 1.40 bits per heavy atom. The number of ether oxygens (including phenoxy) is 1. The molecule has 1 aromatic carbocycles. The zero-order valence-corrected chi connectivity index (χ0v) is 12.8. The lowest BCUT2D eigenvalue weighted by Crippen LogP contribution is -2.36. The zero-order chi connectivity index (χ0) is 15.1. The Kier molecular flexibility index (Phi) is 6.52. The van der Waals surface area contributed by atoms with Crippen LogP contribution >= 0.6 is 11.6 Å². The number of Topliss-reactive ketones (excluding diaryl/α,β-unsaturated/α-hetero) is 1. The highest BCUT2D eigenvalue weighted by Crippen LogP contribution is 2.23. The molecule has 1 atom stereocenters. The van der Waals surface area contributed by atoms with Gasteiger partial charge in [0.1, 0.15) is 5.75 Å². The molecule has 110 valence electrons. The van der Waals surface area contributed by atoms with E-state index in [1.54, 1.807) is 12.1 Å². The monoisotopic (exact) mass is 297 g/mol. The van der Waals surface area contributed by atoms with E-state index >= 15 is 0 Å². The van der Waals surface area contributed by atoms with E-state index in [1.165, 1.54) is 13.0 Å². The number of halogens is 1. The minimum atomic E-state index is -0.199. The van der Waals surface area contributed by atoms with Gasteiger partial charge in [-0.25, -0.2) is 0 Å². The van der Waals surface area contributed by atoms with Crippen molar-refractivity contribution in [2.45, 2.75) is 39.7 Å². The van der Waals surface area contributed by atoms with Crippen LogP contribution in [0.2, 0.25) is 5.02 Å².